The van der Waals surface area contributed by atoms with E-state index in [2.05, 4.69) is 21.2 Å². The van der Waals surface area contributed by atoms with Crippen LogP contribution in [0.2, 0.25) is 0 Å². The number of carbonyl (C=O) groups excluding carboxylic acids is 2. The standard InChI is InChI=1S/C13H15BrN2O3/c14-10-3-1-9(2-4-10)13(19)15-7-12(18)16-6-5-11(17)8-16/h1-4,11,17H,5-8H2,(H,15,19)/t11-/m0/s1. The van der Waals surface area contributed by atoms with E-state index >= 15 is 0 Å². The molecule has 0 bridgehead atoms. The van der Waals surface area contributed by atoms with E-state index in [9.17, 15) is 14.7 Å². The van der Waals surface area contributed by atoms with Gasteiger partial charge in [-0.3, -0.25) is 9.59 Å². The Labute approximate surface area is 119 Å². The Bertz CT molecular complexity index is 475. The lowest BCUT2D eigenvalue weighted by Crippen LogP contribution is -2.39. The molecule has 1 saturated heterocycles. The predicted molar refractivity (Wildman–Crippen MR) is 73.7 cm³/mol. The van der Waals surface area contributed by atoms with Crippen molar-refractivity contribution in [3.05, 3.63) is 34.3 Å². The maximum Gasteiger partial charge on any atom is 0.251 e. The Morgan fingerprint density at radius 2 is 2.05 bits per heavy atom. The molecule has 0 aliphatic carbocycles. The number of rotatable bonds is 3. The molecule has 0 aromatic heterocycles. The summed E-state index contributed by atoms with van der Waals surface area (Å²) >= 11 is 3.29. The highest BCUT2D eigenvalue weighted by Gasteiger charge is 2.24. The highest BCUT2D eigenvalue weighted by Crippen LogP contribution is 2.11. The molecule has 0 unspecified atom stereocenters. The molecule has 2 N–H and O–H groups in total. The summed E-state index contributed by atoms with van der Waals surface area (Å²) in [7, 11) is 0. The predicted octanol–water partition coefficient (Wildman–Crippen LogP) is 0.772. The molecule has 6 heteroatoms. The summed E-state index contributed by atoms with van der Waals surface area (Å²) in [6, 6.07) is 6.91. The van der Waals surface area contributed by atoms with Crippen LogP contribution in [0, 0.1) is 0 Å². The number of amides is 2. The van der Waals surface area contributed by atoms with E-state index in [0.29, 0.717) is 25.1 Å². The quantitative estimate of drug-likeness (QED) is 0.862. The third-order valence-corrected chi connectivity index (χ3v) is 3.55. The first kappa shape index (κ1) is 14.0. The molecule has 2 rings (SSSR count). The van der Waals surface area contributed by atoms with Crippen molar-refractivity contribution in [2.75, 3.05) is 19.6 Å². The van der Waals surface area contributed by atoms with Crippen LogP contribution in [0.1, 0.15) is 16.8 Å². The van der Waals surface area contributed by atoms with Gasteiger partial charge in [-0.1, -0.05) is 15.9 Å². The summed E-state index contributed by atoms with van der Waals surface area (Å²) in [5, 5.41) is 11.9. The number of aliphatic hydroxyl groups excluding tert-OH is 1. The van der Waals surface area contributed by atoms with Crippen molar-refractivity contribution in [2.24, 2.45) is 0 Å². The molecular formula is C13H15BrN2O3. The summed E-state index contributed by atoms with van der Waals surface area (Å²) in [5.41, 5.74) is 0.512. The van der Waals surface area contributed by atoms with Crippen LogP contribution >= 0.6 is 15.9 Å². The number of hydrogen-bond acceptors (Lipinski definition) is 3. The lowest BCUT2D eigenvalue weighted by molar-refractivity contribution is -0.129. The van der Waals surface area contributed by atoms with Gasteiger partial charge in [0.1, 0.15) is 0 Å². The van der Waals surface area contributed by atoms with E-state index in [4.69, 9.17) is 0 Å². The van der Waals surface area contributed by atoms with Gasteiger partial charge in [-0.2, -0.15) is 0 Å². The Kier molecular flexibility index (Phi) is 4.55. The van der Waals surface area contributed by atoms with E-state index in [0.717, 1.165) is 4.47 Å². The fourth-order valence-corrected chi connectivity index (χ4v) is 2.20. The van der Waals surface area contributed by atoms with Gasteiger partial charge in [0.25, 0.3) is 5.91 Å². The molecule has 5 nitrogen and oxygen atoms in total. The SMILES string of the molecule is O=C(NCC(=O)N1CC[C@H](O)C1)c1ccc(Br)cc1. The number of likely N-dealkylation sites (tertiary alicyclic amines) is 1. The van der Waals surface area contributed by atoms with E-state index in [1.165, 1.54) is 0 Å². The number of nitrogens with one attached hydrogen (secondary N) is 1. The van der Waals surface area contributed by atoms with Crippen molar-refractivity contribution < 1.29 is 14.7 Å². The van der Waals surface area contributed by atoms with Crippen LogP contribution < -0.4 is 5.32 Å². The van der Waals surface area contributed by atoms with Gasteiger partial charge in [0.2, 0.25) is 5.91 Å². The van der Waals surface area contributed by atoms with Crippen LogP contribution in [0.3, 0.4) is 0 Å². The first-order valence-corrected chi connectivity index (χ1v) is 6.85. The lowest BCUT2D eigenvalue weighted by atomic mass is 10.2. The van der Waals surface area contributed by atoms with Gasteiger partial charge in [0.05, 0.1) is 12.6 Å². The Balaban J connectivity index is 1.83. The van der Waals surface area contributed by atoms with Crippen molar-refractivity contribution >= 4 is 27.7 Å². The molecule has 1 aliphatic rings. The second kappa shape index (κ2) is 6.16. The summed E-state index contributed by atoms with van der Waals surface area (Å²) in [4.78, 5) is 25.1. The zero-order valence-corrected chi connectivity index (χ0v) is 11.9. The second-order valence-corrected chi connectivity index (χ2v) is 5.39. The van der Waals surface area contributed by atoms with Gasteiger partial charge in [-0.15, -0.1) is 0 Å². The van der Waals surface area contributed by atoms with Crippen molar-refractivity contribution in [1.82, 2.24) is 10.2 Å². The van der Waals surface area contributed by atoms with Gasteiger partial charge < -0.3 is 15.3 Å². The third kappa shape index (κ3) is 3.78. The van der Waals surface area contributed by atoms with Gasteiger partial charge in [0, 0.05) is 23.1 Å². The van der Waals surface area contributed by atoms with E-state index < -0.39 is 6.10 Å². The Morgan fingerprint density at radius 3 is 2.63 bits per heavy atom. The zero-order chi connectivity index (χ0) is 13.8. The molecule has 1 aromatic rings. The number of aliphatic hydroxyl groups is 1. The molecule has 0 spiro atoms. The van der Waals surface area contributed by atoms with Crippen LogP contribution in [-0.4, -0.2) is 47.6 Å². The van der Waals surface area contributed by atoms with Crippen molar-refractivity contribution in [2.45, 2.75) is 12.5 Å². The highest BCUT2D eigenvalue weighted by atomic mass is 79.9. The van der Waals surface area contributed by atoms with Crippen LogP contribution in [0.4, 0.5) is 0 Å². The Morgan fingerprint density at radius 1 is 1.37 bits per heavy atom. The summed E-state index contributed by atoms with van der Waals surface area (Å²) < 4.78 is 0.895. The van der Waals surface area contributed by atoms with Gasteiger partial charge in [-0.25, -0.2) is 0 Å². The third-order valence-electron chi connectivity index (χ3n) is 3.02. The molecule has 1 aromatic carbocycles. The molecular weight excluding hydrogens is 312 g/mol. The van der Waals surface area contributed by atoms with Gasteiger partial charge >= 0.3 is 0 Å². The topological polar surface area (TPSA) is 69.6 Å². The van der Waals surface area contributed by atoms with Crippen LogP contribution in [0.5, 0.6) is 0 Å². The molecule has 1 aliphatic heterocycles. The van der Waals surface area contributed by atoms with Crippen LogP contribution in [0.25, 0.3) is 0 Å². The molecule has 1 atom stereocenters. The fraction of sp³-hybridized carbons (Fsp3) is 0.385. The minimum Gasteiger partial charge on any atom is -0.391 e. The number of halogens is 1. The van der Waals surface area contributed by atoms with Gasteiger partial charge in [0.15, 0.2) is 0 Å². The number of nitrogens with zero attached hydrogens (tertiary/aromatic N) is 1. The van der Waals surface area contributed by atoms with E-state index in [1.807, 2.05) is 0 Å². The van der Waals surface area contributed by atoms with Crippen molar-refractivity contribution in [1.29, 1.82) is 0 Å². The normalized spacial score (nSPS) is 18.4. The molecule has 19 heavy (non-hydrogen) atoms. The monoisotopic (exact) mass is 326 g/mol. The summed E-state index contributed by atoms with van der Waals surface area (Å²) in [6.45, 7) is 0.864. The smallest absolute Gasteiger partial charge is 0.251 e. The molecule has 1 fully saturated rings. The lowest BCUT2D eigenvalue weighted by Gasteiger charge is -2.15. The summed E-state index contributed by atoms with van der Waals surface area (Å²) in [6.07, 6.45) is 0.165. The zero-order valence-electron chi connectivity index (χ0n) is 10.3. The van der Waals surface area contributed by atoms with E-state index in [-0.39, 0.29) is 18.4 Å². The number of β-amino-alcohol motifs (C(OH)–C–C–N with tert-alkyl or cyclic N) is 1. The number of carbonyl (C=O) groups is 2. The number of hydrogen-bond donors (Lipinski definition) is 2. The van der Waals surface area contributed by atoms with Crippen LogP contribution in [-0.2, 0) is 4.79 Å². The molecule has 102 valence electrons. The maximum atomic E-state index is 11.8. The summed E-state index contributed by atoms with van der Waals surface area (Å²) in [5.74, 6) is -0.442. The first-order chi connectivity index (χ1) is 9.06. The largest absolute Gasteiger partial charge is 0.391 e. The average Bonchev–Trinajstić information content (AvgIpc) is 2.83. The maximum absolute atomic E-state index is 11.8. The second-order valence-electron chi connectivity index (χ2n) is 4.47. The van der Waals surface area contributed by atoms with Crippen molar-refractivity contribution in [3.8, 4) is 0 Å². The molecule has 0 radical (unpaired) electrons. The Hall–Kier alpha value is -1.40. The number of benzene rings is 1. The first-order valence-electron chi connectivity index (χ1n) is 6.06. The molecule has 2 amide bonds. The molecule has 1 heterocycles. The minimum absolute atomic E-state index is 0.0401. The average molecular weight is 327 g/mol. The van der Waals surface area contributed by atoms with Crippen molar-refractivity contribution in [3.63, 3.8) is 0 Å². The highest BCUT2D eigenvalue weighted by molar-refractivity contribution is 9.10. The molecule has 0 saturated carbocycles. The van der Waals surface area contributed by atoms with Gasteiger partial charge in [-0.05, 0) is 30.7 Å². The van der Waals surface area contributed by atoms with Crippen LogP contribution in [0.15, 0.2) is 28.7 Å². The van der Waals surface area contributed by atoms with E-state index in [1.54, 1.807) is 29.2 Å². The fourth-order valence-electron chi connectivity index (χ4n) is 1.94. The minimum atomic E-state index is -0.439.